The fourth-order valence-electron chi connectivity index (χ4n) is 6.98. The van der Waals surface area contributed by atoms with Gasteiger partial charge in [0, 0.05) is 11.8 Å². The highest BCUT2D eigenvalue weighted by molar-refractivity contribution is 5.59. The van der Waals surface area contributed by atoms with Crippen molar-refractivity contribution in [2.45, 2.75) is 71.8 Å². The molecule has 3 heteroatoms. The van der Waals surface area contributed by atoms with E-state index in [1.807, 2.05) is 0 Å². The fourth-order valence-corrected chi connectivity index (χ4v) is 6.98. The molecule has 0 spiro atoms. The van der Waals surface area contributed by atoms with Gasteiger partial charge in [0.05, 0.1) is 6.10 Å². The Hall–Kier alpha value is -0.960. The molecule has 0 saturated heterocycles. The summed E-state index contributed by atoms with van der Waals surface area (Å²) in [5.74, 6) is 1.08. The van der Waals surface area contributed by atoms with Gasteiger partial charge in [0.1, 0.15) is 12.6 Å². The second kappa shape index (κ2) is 6.64. The van der Waals surface area contributed by atoms with E-state index in [4.69, 9.17) is 0 Å². The van der Waals surface area contributed by atoms with Crippen LogP contribution in [0.4, 0.5) is 0 Å². The van der Waals surface area contributed by atoms with E-state index in [0.717, 1.165) is 44.8 Å². The summed E-state index contributed by atoms with van der Waals surface area (Å²) in [6.07, 6.45) is 8.39. The molecule has 0 aromatic rings. The van der Waals surface area contributed by atoms with Crippen molar-refractivity contribution in [2.24, 2.45) is 40.4 Å². The fraction of sp³-hybridized carbons (Fsp3) is 0.818. The van der Waals surface area contributed by atoms with E-state index in [2.05, 4.69) is 27.4 Å². The predicted molar refractivity (Wildman–Crippen MR) is 98.9 cm³/mol. The van der Waals surface area contributed by atoms with Gasteiger partial charge in [0.2, 0.25) is 0 Å². The highest BCUT2D eigenvalue weighted by Crippen LogP contribution is 2.64. The Kier molecular flexibility index (Phi) is 5.00. The van der Waals surface area contributed by atoms with E-state index in [1.165, 1.54) is 11.9 Å². The molecule has 1 N–H and O–H groups in total. The van der Waals surface area contributed by atoms with Gasteiger partial charge in [-0.15, -0.1) is 0 Å². The molecule has 0 aromatic heterocycles. The Labute approximate surface area is 152 Å². The number of hydrogen-bond acceptors (Lipinski definition) is 3. The molecule has 0 radical (unpaired) electrons. The lowest BCUT2D eigenvalue weighted by Gasteiger charge is -2.55. The van der Waals surface area contributed by atoms with Gasteiger partial charge in [-0.1, -0.05) is 26.0 Å². The van der Waals surface area contributed by atoms with Crippen LogP contribution in [0.3, 0.4) is 0 Å². The van der Waals surface area contributed by atoms with E-state index in [0.29, 0.717) is 18.3 Å². The quantitative estimate of drug-likeness (QED) is 0.613. The van der Waals surface area contributed by atoms with E-state index < -0.39 is 0 Å². The average molecular weight is 347 g/mol. The van der Waals surface area contributed by atoms with Crippen molar-refractivity contribution in [3.63, 3.8) is 0 Å². The zero-order valence-electron chi connectivity index (χ0n) is 16.0. The maximum absolute atomic E-state index is 12.2. The number of carbonyl (C=O) groups excluding carboxylic acids is 2. The van der Waals surface area contributed by atoms with Gasteiger partial charge in [0.15, 0.2) is 0 Å². The Morgan fingerprint density at radius 2 is 1.64 bits per heavy atom. The van der Waals surface area contributed by atoms with Gasteiger partial charge in [-0.25, -0.2) is 0 Å². The molecule has 8 atom stereocenters. The second-order valence-corrected chi connectivity index (χ2v) is 9.62. The minimum Gasteiger partial charge on any atom is -0.393 e. The Morgan fingerprint density at radius 1 is 1.00 bits per heavy atom. The molecule has 0 amide bonds. The van der Waals surface area contributed by atoms with Gasteiger partial charge >= 0.3 is 0 Å². The maximum Gasteiger partial charge on any atom is 0.123 e. The first-order chi connectivity index (χ1) is 11.8. The number of hydrogen-bond donors (Lipinski definition) is 1. The van der Waals surface area contributed by atoms with Crippen LogP contribution in [-0.4, -0.2) is 23.8 Å². The third-order valence-electron chi connectivity index (χ3n) is 8.49. The van der Waals surface area contributed by atoms with Crippen molar-refractivity contribution in [2.75, 3.05) is 0 Å². The molecule has 25 heavy (non-hydrogen) atoms. The van der Waals surface area contributed by atoms with Crippen LogP contribution in [0.25, 0.3) is 0 Å². The van der Waals surface area contributed by atoms with Crippen molar-refractivity contribution in [3.05, 3.63) is 12.2 Å². The Morgan fingerprint density at radius 3 is 2.24 bits per heavy atom. The third kappa shape index (κ3) is 2.83. The second-order valence-electron chi connectivity index (χ2n) is 9.62. The van der Waals surface area contributed by atoms with Gasteiger partial charge in [-0.2, -0.15) is 0 Å². The summed E-state index contributed by atoms with van der Waals surface area (Å²) in [6, 6.07) is 0. The van der Waals surface area contributed by atoms with Crippen LogP contribution in [0.2, 0.25) is 0 Å². The zero-order valence-corrected chi connectivity index (χ0v) is 16.0. The van der Waals surface area contributed by atoms with Gasteiger partial charge in [-0.3, -0.25) is 0 Å². The maximum atomic E-state index is 12.2. The monoisotopic (exact) mass is 346 g/mol. The Bertz CT molecular complexity index is 555. The molecule has 0 aliphatic heterocycles. The average Bonchev–Trinajstić information content (AvgIpc) is 2.93. The summed E-state index contributed by atoms with van der Waals surface area (Å²) in [5.41, 5.74) is 1.27. The van der Waals surface area contributed by atoms with Gasteiger partial charge < -0.3 is 14.7 Å². The van der Waals surface area contributed by atoms with E-state index in [-0.39, 0.29) is 34.7 Å². The number of carbonyl (C=O) groups is 2. The minimum atomic E-state index is -0.369. The molecular formula is C22H34O3. The Balaban J connectivity index is 1.91. The van der Waals surface area contributed by atoms with Crippen LogP contribution in [-0.2, 0) is 9.59 Å². The first kappa shape index (κ1) is 18.8. The van der Waals surface area contributed by atoms with Crippen molar-refractivity contribution in [3.8, 4) is 0 Å². The molecule has 3 rings (SSSR count). The van der Waals surface area contributed by atoms with Crippen LogP contribution in [0.1, 0.15) is 65.7 Å². The molecule has 3 nitrogen and oxygen atoms in total. The number of aliphatic hydroxyl groups is 1. The lowest BCUT2D eigenvalue weighted by atomic mass is 9.49. The molecule has 0 bridgehead atoms. The van der Waals surface area contributed by atoms with Crippen LogP contribution in [0.5, 0.6) is 0 Å². The lowest BCUT2D eigenvalue weighted by molar-refractivity contribution is -0.137. The predicted octanol–water partition coefficient (Wildman–Crippen LogP) is 4.19. The minimum absolute atomic E-state index is 0.0331. The summed E-state index contributed by atoms with van der Waals surface area (Å²) in [4.78, 5) is 24.0. The van der Waals surface area contributed by atoms with Gasteiger partial charge in [0.25, 0.3) is 0 Å². The molecule has 140 valence electrons. The molecule has 3 aliphatic carbocycles. The molecule has 2 unspecified atom stereocenters. The molecule has 3 fully saturated rings. The molecule has 0 aromatic carbocycles. The number of aliphatic hydroxyl groups excluding tert-OH is 1. The number of aldehydes is 2. The van der Waals surface area contributed by atoms with E-state index in [9.17, 15) is 14.7 Å². The third-order valence-corrected chi connectivity index (χ3v) is 8.49. The smallest absolute Gasteiger partial charge is 0.123 e. The standard InChI is InChI=1S/C22H34O3/c1-14(2)18-5-6-19-17(13-24)20(8-10-22(18,19)4)21(3)9-7-16(25)11-15(21)12-23/h12-13,15-20,25H,1,5-11H2,2-4H3/t15-,16+,17+,18-,19?,20?,21+,22-/m1/s1. The zero-order chi connectivity index (χ0) is 18.4. The first-order valence-corrected chi connectivity index (χ1v) is 10.0. The largest absolute Gasteiger partial charge is 0.393 e. The topological polar surface area (TPSA) is 54.4 Å². The van der Waals surface area contributed by atoms with E-state index in [1.54, 1.807) is 0 Å². The van der Waals surface area contributed by atoms with Crippen molar-refractivity contribution >= 4 is 12.6 Å². The molecule has 0 heterocycles. The highest BCUT2D eigenvalue weighted by atomic mass is 16.3. The molecular weight excluding hydrogens is 312 g/mol. The highest BCUT2D eigenvalue weighted by Gasteiger charge is 2.58. The normalized spacial score (nSPS) is 50.1. The first-order valence-electron chi connectivity index (χ1n) is 10.0. The summed E-state index contributed by atoms with van der Waals surface area (Å²) in [6.45, 7) is 10.9. The van der Waals surface area contributed by atoms with Crippen LogP contribution in [0.15, 0.2) is 12.2 Å². The van der Waals surface area contributed by atoms with Crippen molar-refractivity contribution in [1.82, 2.24) is 0 Å². The summed E-state index contributed by atoms with van der Waals surface area (Å²) < 4.78 is 0. The van der Waals surface area contributed by atoms with E-state index >= 15 is 0 Å². The summed E-state index contributed by atoms with van der Waals surface area (Å²) >= 11 is 0. The van der Waals surface area contributed by atoms with Crippen molar-refractivity contribution < 1.29 is 14.7 Å². The number of fused-ring (bicyclic) bond motifs is 1. The van der Waals surface area contributed by atoms with Gasteiger partial charge in [-0.05, 0) is 80.5 Å². The molecule has 3 saturated carbocycles. The summed E-state index contributed by atoms with van der Waals surface area (Å²) in [7, 11) is 0. The van der Waals surface area contributed by atoms with Crippen molar-refractivity contribution in [1.29, 1.82) is 0 Å². The number of rotatable bonds is 4. The van der Waals surface area contributed by atoms with Crippen LogP contribution < -0.4 is 0 Å². The lowest BCUT2D eigenvalue weighted by Crippen LogP contribution is -2.51. The SMILES string of the molecule is C=C(C)[C@H]1CCC2[C@H](C=O)C([C@@]3(C)CC[C@H](O)C[C@@H]3C=O)CC[C@@]21C. The van der Waals surface area contributed by atoms with Crippen LogP contribution >= 0.6 is 0 Å². The van der Waals surface area contributed by atoms with Crippen LogP contribution in [0, 0.1) is 40.4 Å². The molecule has 3 aliphatic rings. The summed E-state index contributed by atoms with van der Waals surface area (Å²) in [5, 5.41) is 10.0. The number of allylic oxidation sites excluding steroid dienone is 1.